The van der Waals surface area contributed by atoms with Gasteiger partial charge < -0.3 is 20.7 Å². The van der Waals surface area contributed by atoms with E-state index in [1.807, 2.05) is 48.5 Å². The predicted molar refractivity (Wildman–Crippen MR) is 104 cm³/mol. The maximum Gasteiger partial charge on any atom is 0.315 e. The van der Waals surface area contributed by atoms with Gasteiger partial charge in [0.1, 0.15) is 5.75 Å². The maximum atomic E-state index is 12.1. The molecule has 142 valence electrons. The van der Waals surface area contributed by atoms with E-state index in [-0.39, 0.29) is 17.9 Å². The molecule has 2 aromatic rings. The average molecular weight is 367 g/mol. The molecule has 6 heteroatoms. The number of amides is 3. The number of methoxy groups -OCH3 is 1. The fraction of sp³-hybridized carbons (Fsp3) is 0.333. The maximum absolute atomic E-state index is 12.1. The number of carbonyl (C=O) groups excluding carboxylic acids is 2. The van der Waals surface area contributed by atoms with Gasteiger partial charge in [-0.2, -0.15) is 0 Å². The van der Waals surface area contributed by atoms with E-state index < -0.39 is 0 Å². The van der Waals surface area contributed by atoms with Crippen molar-refractivity contribution in [2.45, 2.75) is 32.4 Å². The number of carbonyl (C=O) groups is 2. The average Bonchev–Trinajstić information content (AvgIpc) is 2.63. The molecule has 3 N–H and O–H groups in total. The van der Waals surface area contributed by atoms with Gasteiger partial charge in [-0.3, -0.25) is 4.79 Å². The van der Waals surface area contributed by atoms with Crippen molar-refractivity contribution in [3.05, 3.63) is 59.7 Å². The molecule has 0 bridgehead atoms. The molecule has 6 nitrogen and oxygen atoms in total. The summed E-state index contributed by atoms with van der Waals surface area (Å²) in [7, 11) is 1.61. The molecule has 1 fully saturated rings. The van der Waals surface area contributed by atoms with Gasteiger partial charge >= 0.3 is 6.03 Å². The predicted octanol–water partition coefficient (Wildman–Crippen LogP) is 3.43. The molecule has 0 radical (unpaired) electrons. The number of para-hydroxylation sites is 1. The highest BCUT2D eigenvalue weighted by Crippen LogP contribution is 2.27. The van der Waals surface area contributed by atoms with Crippen LogP contribution in [0.1, 0.15) is 30.4 Å². The van der Waals surface area contributed by atoms with Crippen molar-refractivity contribution in [2.75, 3.05) is 12.4 Å². The Hall–Kier alpha value is -3.02. The summed E-state index contributed by atoms with van der Waals surface area (Å²) in [6.45, 7) is 0.762. The normalized spacial score (nSPS) is 13.4. The molecular weight excluding hydrogens is 342 g/mol. The smallest absolute Gasteiger partial charge is 0.315 e. The molecule has 0 heterocycles. The minimum atomic E-state index is -0.259. The number of anilines is 1. The summed E-state index contributed by atoms with van der Waals surface area (Å²) in [5, 5.41) is 8.60. The molecule has 27 heavy (non-hydrogen) atoms. The van der Waals surface area contributed by atoms with Crippen molar-refractivity contribution < 1.29 is 14.3 Å². The van der Waals surface area contributed by atoms with E-state index in [0.29, 0.717) is 13.1 Å². The fourth-order valence-electron chi connectivity index (χ4n) is 2.94. The van der Waals surface area contributed by atoms with Gasteiger partial charge in [-0.05, 0) is 36.6 Å². The minimum Gasteiger partial charge on any atom is -0.496 e. The Morgan fingerprint density at radius 3 is 2.56 bits per heavy atom. The Kier molecular flexibility index (Phi) is 6.30. The van der Waals surface area contributed by atoms with Crippen LogP contribution in [0.5, 0.6) is 5.75 Å². The quantitative estimate of drug-likeness (QED) is 0.701. The lowest BCUT2D eigenvalue weighted by Crippen LogP contribution is -2.34. The zero-order valence-electron chi connectivity index (χ0n) is 15.5. The Morgan fingerprint density at radius 1 is 1.04 bits per heavy atom. The van der Waals surface area contributed by atoms with Crippen molar-refractivity contribution in [1.82, 2.24) is 10.6 Å². The highest BCUT2D eigenvalue weighted by atomic mass is 16.5. The molecule has 1 aliphatic carbocycles. The Balaban J connectivity index is 1.47. The van der Waals surface area contributed by atoms with Gasteiger partial charge in [0.15, 0.2) is 0 Å². The number of urea groups is 1. The van der Waals surface area contributed by atoms with Crippen LogP contribution < -0.4 is 20.7 Å². The molecule has 3 rings (SSSR count). The molecule has 0 atom stereocenters. The molecule has 0 aliphatic heterocycles. The number of nitrogens with one attached hydrogen (secondary N) is 3. The lowest BCUT2D eigenvalue weighted by atomic mass is 9.85. The zero-order valence-corrected chi connectivity index (χ0v) is 15.5. The Bertz CT molecular complexity index is 803. The summed E-state index contributed by atoms with van der Waals surface area (Å²) < 4.78 is 5.27. The third-order valence-corrected chi connectivity index (χ3v) is 4.76. The largest absolute Gasteiger partial charge is 0.496 e. The lowest BCUT2D eigenvalue weighted by molar-refractivity contribution is -0.122. The highest BCUT2D eigenvalue weighted by molar-refractivity contribution is 5.93. The molecule has 0 spiro atoms. The van der Waals surface area contributed by atoms with Gasteiger partial charge in [-0.15, -0.1) is 0 Å². The zero-order chi connectivity index (χ0) is 19.1. The van der Waals surface area contributed by atoms with Crippen LogP contribution in [0.15, 0.2) is 48.5 Å². The number of rotatable bonds is 7. The summed E-state index contributed by atoms with van der Waals surface area (Å²) in [6.07, 6.45) is 3.07. The van der Waals surface area contributed by atoms with E-state index in [9.17, 15) is 9.59 Å². The fourth-order valence-corrected chi connectivity index (χ4v) is 2.94. The van der Waals surface area contributed by atoms with E-state index >= 15 is 0 Å². The number of benzene rings is 2. The molecule has 1 saturated carbocycles. The van der Waals surface area contributed by atoms with Crippen molar-refractivity contribution in [2.24, 2.45) is 5.92 Å². The van der Waals surface area contributed by atoms with Gasteiger partial charge in [0.05, 0.1) is 7.11 Å². The summed E-state index contributed by atoms with van der Waals surface area (Å²) >= 11 is 0. The minimum absolute atomic E-state index is 0.0842. The van der Waals surface area contributed by atoms with Crippen LogP contribution in [-0.2, 0) is 17.9 Å². The van der Waals surface area contributed by atoms with Crippen LogP contribution in [0.4, 0.5) is 10.5 Å². The first-order valence-electron chi connectivity index (χ1n) is 9.19. The molecular formula is C21H25N3O3. The summed E-state index contributed by atoms with van der Waals surface area (Å²) in [5.74, 6) is 0.973. The lowest BCUT2D eigenvalue weighted by Gasteiger charge is -2.24. The standard InChI is InChI=1S/C21H25N3O3/c1-27-19-11-3-2-7-17(19)14-23-21(26)22-13-15-6-4-10-18(12-15)24-20(25)16-8-5-9-16/h2-4,6-7,10-12,16H,5,8-9,13-14H2,1H3,(H,24,25)(H2,22,23,26). The van der Waals surface area contributed by atoms with Gasteiger partial charge in [-0.1, -0.05) is 36.8 Å². The number of hydrogen-bond donors (Lipinski definition) is 3. The first kappa shape index (κ1) is 18.8. The highest BCUT2D eigenvalue weighted by Gasteiger charge is 2.25. The second-order valence-corrected chi connectivity index (χ2v) is 6.67. The van der Waals surface area contributed by atoms with Crippen LogP contribution in [0.3, 0.4) is 0 Å². The SMILES string of the molecule is COc1ccccc1CNC(=O)NCc1cccc(NC(=O)C2CCC2)c1. The number of ether oxygens (including phenoxy) is 1. The topological polar surface area (TPSA) is 79.5 Å². The van der Waals surface area contributed by atoms with Crippen LogP contribution in [0.2, 0.25) is 0 Å². The molecule has 0 saturated heterocycles. The van der Waals surface area contributed by atoms with Crippen LogP contribution in [0.25, 0.3) is 0 Å². The van der Waals surface area contributed by atoms with Crippen molar-refractivity contribution >= 4 is 17.6 Å². The van der Waals surface area contributed by atoms with E-state index in [4.69, 9.17) is 4.74 Å². The summed E-state index contributed by atoms with van der Waals surface area (Å²) in [6, 6.07) is 14.8. The monoisotopic (exact) mass is 367 g/mol. The van der Waals surface area contributed by atoms with Gasteiger partial charge in [0.25, 0.3) is 0 Å². The second kappa shape index (κ2) is 9.07. The first-order chi connectivity index (χ1) is 13.2. The van der Waals surface area contributed by atoms with Crippen molar-refractivity contribution in [3.63, 3.8) is 0 Å². The van der Waals surface area contributed by atoms with Crippen LogP contribution in [0, 0.1) is 5.92 Å². The third kappa shape index (κ3) is 5.23. The first-order valence-corrected chi connectivity index (χ1v) is 9.19. The number of hydrogen-bond acceptors (Lipinski definition) is 3. The van der Waals surface area contributed by atoms with Gasteiger partial charge in [0.2, 0.25) is 5.91 Å². The molecule has 0 unspecified atom stereocenters. The van der Waals surface area contributed by atoms with E-state index in [1.165, 1.54) is 0 Å². The molecule has 0 aromatic heterocycles. The van der Waals surface area contributed by atoms with Gasteiger partial charge in [0, 0.05) is 30.3 Å². The Labute approximate surface area is 159 Å². The Morgan fingerprint density at radius 2 is 1.81 bits per heavy atom. The molecule has 1 aliphatic rings. The second-order valence-electron chi connectivity index (χ2n) is 6.67. The van der Waals surface area contributed by atoms with Crippen LogP contribution in [-0.4, -0.2) is 19.0 Å². The van der Waals surface area contributed by atoms with E-state index in [0.717, 1.165) is 41.8 Å². The summed E-state index contributed by atoms with van der Waals surface area (Å²) in [5.41, 5.74) is 2.60. The molecule has 3 amide bonds. The van der Waals surface area contributed by atoms with Gasteiger partial charge in [-0.25, -0.2) is 4.79 Å². The van der Waals surface area contributed by atoms with E-state index in [1.54, 1.807) is 7.11 Å². The summed E-state index contributed by atoms with van der Waals surface area (Å²) in [4.78, 5) is 24.1. The van der Waals surface area contributed by atoms with E-state index in [2.05, 4.69) is 16.0 Å². The van der Waals surface area contributed by atoms with Crippen molar-refractivity contribution in [1.29, 1.82) is 0 Å². The third-order valence-electron chi connectivity index (χ3n) is 4.76. The van der Waals surface area contributed by atoms with Crippen LogP contribution >= 0.6 is 0 Å². The van der Waals surface area contributed by atoms with Crippen molar-refractivity contribution in [3.8, 4) is 5.75 Å². The molecule has 2 aromatic carbocycles.